The summed E-state index contributed by atoms with van der Waals surface area (Å²) in [5.74, 6) is 0. The number of hydrogen-bond acceptors (Lipinski definition) is 0. The van der Waals surface area contributed by atoms with Gasteiger partial charge in [-0.25, -0.2) is 0 Å². The molecule has 0 heterocycles. The van der Waals surface area contributed by atoms with Crippen LogP contribution in [0.15, 0.2) is 0 Å². The van der Waals surface area contributed by atoms with Crippen LogP contribution in [0.25, 0.3) is 0 Å². The first-order valence-electron chi connectivity index (χ1n) is 1.91. The monoisotopic (exact) mass is 258 g/mol. The second kappa shape index (κ2) is 929. The van der Waals surface area contributed by atoms with E-state index < -0.39 is 0 Å². The largest absolute Gasteiger partial charge is 0.269 e. The Balaban J connectivity index is -0.000000001000. The van der Waals surface area contributed by atoms with Crippen molar-refractivity contribution in [1.29, 1.82) is 0 Å². The normalized spacial score (nSPS) is 2.14. The second-order valence-corrected chi connectivity index (χ2v) is 1.000. The van der Waals surface area contributed by atoms with Gasteiger partial charge in [-0.2, -0.15) is 0 Å². The van der Waals surface area contributed by atoms with E-state index >= 15 is 0 Å². The lowest BCUT2D eigenvalue weighted by atomic mass is 10.4. The highest BCUT2D eigenvalue weighted by Crippen LogP contribution is 1.76. The summed E-state index contributed by atoms with van der Waals surface area (Å²) < 4.78 is 0. The maximum absolute atomic E-state index is 2.18. The summed E-state index contributed by atoms with van der Waals surface area (Å²) in [5.41, 5.74) is 0. The minimum atomic E-state index is 0. The Kier molecular flexibility index (Phi) is 25200. The van der Waals surface area contributed by atoms with E-state index in [1.165, 1.54) is 12.8 Å². The van der Waals surface area contributed by atoms with Gasteiger partial charge in [0, 0.05) is 0 Å². The predicted molar refractivity (Wildman–Crippen MR) is 45.6 cm³/mol. The van der Waals surface area contributed by atoms with Gasteiger partial charge in [0.15, 0.2) is 0 Å². The third-order valence-corrected chi connectivity index (χ3v) is 0.500. The van der Waals surface area contributed by atoms with Crippen LogP contribution in [-0.2, 0) is 0 Å². The minimum Gasteiger partial charge on any atom is -0.269 e. The third-order valence-electron chi connectivity index (χ3n) is 0.500. The summed E-state index contributed by atoms with van der Waals surface area (Å²) in [6.07, 6.45) is 2.64. The molecule has 0 saturated heterocycles. The molecule has 0 atom stereocenters. The fourth-order valence-electron chi connectivity index (χ4n) is 0. The summed E-state index contributed by atoms with van der Waals surface area (Å²) in [5, 5.41) is 0. The van der Waals surface area contributed by atoms with Crippen LogP contribution < -0.4 is 0 Å². The van der Waals surface area contributed by atoms with Crippen LogP contribution in [0, 0.1) is 0 Å². The highest BCUT2D eigenvalue weighted by molar-refractivity contribution is 4.12. The molecule has 0 N–H and O–H groups in total. The number of hydrogen-bond donors (Lipinski definition) is 0. The molecule has 0 unspecified atom stereocenters. The van der Waals surface area contributed by atoms with Crippen molar-refractivity contribution in [2.24, 2.45) is 0 Å². The van der Waals surface area contributed by atoms with E-state index in [0.717, 1.165) is 0 Å². The fourth-order valence-corrected chi connectivity index (χ4v) is 0. The van der Waals surface area contributed by atoms with Crippen molar-refractivity contribution in [3.05, 3.63) is 0 Å². The summed E-state index contributed by atoms with van der Waals surface area (Å²) in [6, 6.07) is 0. The molecule has 106 valence electrons. The smallest absolute Gasteiger partial charge is 0.0564 e. The van der Waals surface area contributed by atoms with Crippen molar-refractivity contribution in [2.75, 3.05) is 0 Å². The third kappa shape index (κ3) is 13300. The molecule has 0 amide bonds. The van der Waals surface area contributed by atoms with Crippen molar-refractivity contribution in [2.45, 2.75) is 26.7 Å². The Labute approximate surface area is 75.1 Å². The molecule has 0 bridgehead atoms. The van der Waals surface area contributed by atoms with Crippen LogP contribution in [-0.4, -0.2) is 0 Å². The first-order chi connectivity index (χ1) is 1.91. The highest BCUT2D eigenvalue weighted by atomic mass is 19.0. The average Bonchev–Trinajstić information content (AvgIpc) is 1.37. The van der Waals surface area contributed by atoms with Crippen molar-refractivity contribution in [3.8, 4) is 0 Å². The minimum absolute atomic E-state index is 0. The van der Waals surface area contributed by atoms with Crippen molar-refractivity contribution >= 4 is 0 Å². The maximum Gasteiger partial charge on any atom is -0.0564 e. The topological polar surface area (TPSA) is 0 Å². The lowest BCUT2D eigenvalue weighted by Gasteiger charge is -1.68. The van der Waals surface area contributed by atoms with Crippen molar-refractivity contribution in [3.63, 3.8) is 0 Å². The number of halogens is 10. The van der Waals surface area contributed by atoms with Gasteiger partial charge in [0.05, 0.1) is 0 Å². The molecule has 0 aliphatic heterocycles. The molecule has 0 aliphatic rings. The van der Waals surface area contributed by atoms with Crippen molar-refractivity contribution in [1.82, 2.24) is 0 Å². The SMILES string of the molecule is CCCC.F.F.F.F.F.F.F.F.F.F. The lowest BCUT2D eigenvalue weighted by Crippen LogP contribution is -1.47. The molecule has 0 aromatic heterocycles. The van der Waals surface area contributed by atoms with E-state index in [9.17, 15) is 0 Å². The van der Waals surface area contributed by atoms with Crippen LogP contribution in [0.4, 0.5) is 47.0 Å². The molecule has 0 aliphatic carbocycles. The van der Waals surface area contributed by atoms with Gasteiger partial charge >= 0.3 is 0 Å². The summed E-state index contributed by atoms with van der Waals surface area (Å²) in [7, 11) is 0. The van der Waals surface area contributed by atoms with Crippen LogP contribution in [0.5, 0.6) is 0 Å². The Morgan fingerprint density at radius 3 is 0.429 bits per heavy atom. The number of unbranched alkanes of at least 4 members (excludes halogenated alkanes) is 1. The van der Waals surface area contributed by atoms with E-state index in [-0.39, 0.29) is 47.0 Å². The summed E-state index contributed by atoms with van der Waals surface area (Å²) in [6.45, 7) is 4.36. The van der Waals surface area contributed by atoms with Crippen LogP contribution >= 0.6 is 0 Å². The number of rotatable bonds is 1. The molecule has 14 heavy (non-hydrogen) atoms. The van der Waals surface area contributed by atoms with E-state index in [2.05, 4.69) is 13.8 Å². The molecular formula is C4H20F10. The molecule has 0 rings (SSSR count). The van der Waals surface area contributed by atoms with Gasteiger partial charge in [0.25, 0.3) is 0 Å². The van der Waals surface area contributed by atoms with E-state index in [4.69, 9.17) is 0 Å². The van der Waals surface area contributed by atoms with Crippen LogP contribution in [0.2, 0.25) is 0 Å². The van der Waals surface area contributed by atoms with E-state index in [1.807, 2.05) is 0 Å². The summed E-state index contributed by atoms with van der Waals surface area (Å²) in [4.78, 5) is 0. The van der Waals surface area contributed by atoms with E-state index in [0.29, 0.717) is 0 Å². The molecule has 0 aromatic carbocycles. The molecule has 0 radical (unpaired) electrons. The maximum atomic E-state index is 2.18. The quantitative estimate of drug-likeness (QED) is 0.633. The molecule has 0 aromatic rings. The van der Waals surface area contributed by atoms with Gasteiger partial charge in [0.1, 0.15) is 0 Å². The van der Waals surface area contributed by atoms with Gasteiger partial charge < -0.3 is 0 Å². The molecule has 0 nitrogen and oxygen atoms in total. The van der Waals surface area contributed by atoms with Gasteiger partial charge in [-0.15, -0.1) is 0 Å². The Bertz CT molecular complexity index is 14.1. The van der Waals surface area contributed by atoms with Gasteiger partial charge in [-0.1, -0.05) is 26.7 Å². The van der Waals surface area contributed by atoms with Crippen molar-refractivity contribution < 1.29 is 47.0 Å². The zero-order valence-electron chi connectivity index (χ0n) is 7.50. The van der Waals surface area contributed by atoms with Crippen LogP contribution in [0.3, 0.4) is 0 Å². The highest BCUT2D eigenvalue weighted by Gasteiger charge is 1.56. The lowest BCUT2D eigenvalue weighted by molar-refractivity contribution is 0.886. The average molecular weight is 258 g/mol. The Hall–Kier alpha value is -0.700. The van der Waals surface area contributed by atoms with Gasteiger partial charge in [-0.05, 0) is 0 Å². The first kappa shape index (κ1) is 380. The molecule has 10 heteroatoms. The predicted octanol–water partition coefficient (Wildman–Crippen LogP) is 3.33. The van der Waals surface area contributed by atoms with Gasteiger partial charge in [-0.3, -0.25) is 47.0 Å². The second-order valence-electron chi connectivity index (χ2n) is 1.000. The fraction of sp³-hybridized carbons (Fsp3) is 1.00. The Morgan fingerprint density at radius 2 is 0.429 bits per heavy atom. The van der Waals surface area contributed by atoms with Crippen LogP contribution in [0.1, 0.15) is 26.7 Å². The zero-order chi connectivity index (χ0) is 3.41. The molecule has 0 fully saturated rings. The van der Waals surface area contributed by atoms with E-state index in [1.54, 1.807) is 0 Å². The summed E-state index contributed by atoms with van der Waals surface area (Å²) >= 11 is 0. The first-order valence-corrected chi connectivity index (χ1v) is 1.91. The standard InChI is InChI=1S/C4H10.10FH/c1-3-4-2;;;;;;;;;;/h3-4H2,1-2H3;10*1H. The van der Waals surface area contributed by atoms with Gasteiger partial charge in [0.2, 0.25) is 0 Å². The zero-order valence-corrected chi connectivity index (χ0v) is 7.50. The molecule has 0 saturated carbocycles. The molecule has 0 spiro atoms. The Morgan fingerprint density at radius 1 is 0.357 bits per heavy atom. The molecular weight excluding hydrogens is 238 g/mol.